The van der Waals surface area contributed by atoms with E-state index in [1.54, 1.807) is 0 Å². The van der Waals surface area contributed by atoms with E-state index >= 15 is 0 Å². The highest BCUT2D eigenvalue weighted by Crippen LogP contribution is 2.19. The summed E-state index contributed by atoms with van der Waals surface area (Å²) in [5.41, 5.74) is 5.40. The molecule has 106 valence electrons. The molecule has 0 spiro atoms. The number of hydrogen-bond acceptors (Lipinski definition) is 4. The topological polar surface area (TPSA) is 73.9 Å². The summed E-state index contributed by atoms with van der Waals surface area (Å²) in [6, 6.07) is 0.597. The largest absolute Gasteiger partial charge is 0.409 e. The van der Waals surface area contributed by atoms with Crippen molar-refractivity contribution in [3.8, 4) is 0 Å². The quantitative estimate of drug-likeness (QED) is 0.210. The van der Waals surface area contributed by atoms with Crippen LogP contribution in [0.2, 0.25) is 0 Å². The second-order valence-electron chi connectivity index (χ2n) is 5.92. The van der Waals surface area contributed by atoms with E-state index in [0.717, 1.165) is 19.5 Å². The average Bonchev–Trinajstić information content (AvgIpc) is 2.87. The van der Waals surface area contributed by atoms with Crippen molar-refractivity contribution in [1.29, 1.82) is 0 Å². The van der Waals surface area contributed by atoms with E-state index < -0.39 is 0 Å². The third kappa shape index (κ3) is 4.46. The van der Waals surface area contributed by atoms with Gasteiger partial charge in [0, 0.05) is 18.0 Å². The molecule has 0 amide bonds. The smallest absolute Gasteiger partial charge is 0.144 e. The molecule has 0 radical (unpaired) electrons. The first-order valence-corrected chi connectivity index (χ1v) is 6.90. The summed E-state index contributed by atoms with van der Waals surface area (Å²) in [4.78, 5) is 2.53. The predicted molar refractivity (Wildman–Crippen MR) is 74.9 cm³/mol. The van der Waals surface area contributed by atoms with Crippen LogP contribution < -0.4 is 11.1 Å². The number of nitrogens with one attached hydrogen (secondary N) is 1. The highest BCUT2D eigenvalue weighted by molar-refractivity contribution is 5.85. The van der Waals surface area contributed by atoms with Crippen LogP contribution in [0, 0.1) is 5.41 Å². The minimum absolute atomic E-state index is 0.251. The normalized spacial score (nSPS) is 20.3. The lowest BCUT2D eigenvalue weighted by atomic mass is 9.88. The summed E-state index contributed by atoms with van der Waals surface area (Å²) in [6.07, 6.45) is 3.54. The van der Waals surface area contributed by atoms with Crippen molar-refractivity contribution in [2.45, 2.75) is 46.1 Å². The van der Waals surface area contributed by atoms with Crippen LogP contribution in [-0.4, -0.2) is 48.2 Å². The van der Waals surface area contributed by atoms with Gasteiger partial charge in [0.1, 0.15) is 5.84 Å². The van der Waals surface area contributed by atoms with Crippen molar-refractivity contribution in [1.82, 2.24) is 10.2 Å². The predicted octanol–water partition coefficient (Wildman–Crippen LogP) is 1.22. The van der Waals surface area contributed by atoms with Crippen molar-refractivity contribution < 1.29 is 5.21 Å². The molecule has 1 saturated heterocycles. The first-order chi connectivity index (χ1) is 8.47. The van der Waals surface area contributed by atoms with Gasteiger partial charge in [-0.2, -0.15) is 0 Å². The molecule has 1 aliphatic rings. The molecule has 5 heteroatoms. The lowest BCUT2D eigenvalue weighted by molar-refractivity contribution is 0.249. The van der Waals surface area contributed by atoms with Crippen molar-refractivity contribution >= 4 is 5.84 Å². The molecular formula is C13H28N4O. The third-order valence-electron chi connectivity index (χ3n) is 3.93. The maximum atomic E-state index is 8.69. The van der Waals surface area contributed by atoms with Crippen LogP contribution in [0.15, 0.2) is 5.16 Å². The van der Waals surface area contributed by atoms with Crippen LogP contribution in [-0.2, 0) is 0 Å². The maximum Gasteiger partial charge on any atom is 0.144 e. The number of likely N-dealkylation sites (tertiary alicyclic amines) is 1. The zero-order valence-electron chi connectivity index (χ0n) is 11.9. The van der Waals surface area contributed by atoms with E-state index in [1.165, 1.54) is 25.9 Å². The van der Waals surface area contributed by atoms with Gasteiger partial charge >= 0.3 is 0 Å². The Balaban J connectivity index is 2.18. The Kier molecular flexibility index (Phi) is 5.88. The molecule has 5 nitrogen and oxygen atoms in total. The Morgan fingerprint density at radius 1 is 1.44 bits per heavy atom. The minimum atomic E-state index is -0.251. The van der Waals surface area contributed by atoms with E-state index in [-0.39, 0.29) is 5.41 Å². The second kappa shape index (κ2) is 6.95. The molecule has 1 rings (SSSR count). The van der Waals surface area contributed by atoms with E-state index in [1.807, 2.05) is 13.8 Å². The van der Waals surface area contributed by atoms with Gasteiger partial charge in [0.25, 0.3) is 0 Å². The van der Waals surface area contributed by atoms with Gasteiger partial charge in [0.15, 0.2) is 0 Å². The Bertz CT molecular complexity index is 272. The zero-order chi connectivity index (χ0) is 13.6. The van der Waals surface area contributed by atoms with Crippen LogP contribution in [0.5, 0.6) is 0 Å². The zero-order valence-corrected chi connectivity index (χ0v) is 11.9. The SMILES string of the molecule is CC(CNCCC(C)(C)C(N)=NO)N1CCCC1. The van der Waals surface area contributed by atoms with Crippen LogP contribution >= 0.6 is 0 Å². The first-order valence-electron chi connectivity index (χ1n) is 6.90. The van der Waals surface area contributed by atoms with Gasteiger partial charge in [-0.1, -0.05) is 19.0 Å². The summed E-state index contributed by atoms with van der Waals surface area (Å²) in [5, 5.41) is 15.3. The molecule has 1 heterocycles. The van der Waals surface area contributed by atoms with Crippen LogP contribution in [0.25, 0.3) is 0 Å². The summed E-state index contributed by atoms with van der Waals surface area (Å²) in [7, 11) is 0. The molecule has 1 aliphatic heterocycles. The molecule has 0 saturated carbocycles. The first kappa shape index (κ1) is 15.2. The standard InChI is InChI=1S/C13H28N4O/c1-11(17-8-4-5-9-17)10-15-7-6-13(2,3)12(14)16-18/h11,15,18H,4-10H2,1-3H3,(H2,14,16). The van der Waals surface area contributed by atoms with Crippen molar-refractivity contribution in [2.75, 3.05) is 26.2 Å². The van der Waals surface area contributed by atoms with Gasteiger partial charge in [-0.05, 0) is 45.8 Å². The molecule has 0 aromatic rings. The molecule has 4 N–H and O–H groups in total. The van der Waals surface area contributed by atoms with Crippen molar-refractivity contribution in [3.05, 3.63) is 0 Å². The van der Waals surface area contributed by atoms with Gasteiger partial charge in [0.2, 0.25) is 0 Å². The molecule has 0 aromatic carbocycles. The fourth-order valence-corrected chi connectivity index (χ4v) is 2.29. The fraction of sp³-hybridized carbons (Fsp3) is 0.923. The second-order valence-corrected chi connectivity index (χ2v) is 5.92. The number of oxime groups is 1. The molecule has 1 atom stereocenters. The monoisotopic (exact) mass is 256 g/mol. The van der Waals surface area contributed by atoms with Crippen LogP contribution in [0.3, 0.4) is 0 Å². The summed E-state index contributed by atoms with van der Waals surface area (Å²) in [5.74, 6) is 0.303. The lowest BCUT2D eigenvalue weighted by Gasteiger charge is -2.26. The molecule has 0 aliphatic carbocycles. The Morgan fingerprint density at radius 3 is 2.61 bits per heavy atom. The maximum absolute atomic E-state index is 8.69. The lowest BCUT2D eigenvalue weighted by Crippen LogP contribution is -2.40. The number of rotatable bonds is 7. The molecule has 18 heavy (non-hydrogen) atoms. The van der Waals surface area contributed by atoms with Crippen molar-refractivity contribution in [2.24, 2.45) is 16.3 Å². The van der Waals surface area contributed by atoms with E-state index in [4.69, 9.17) is 10.9 Å². The molecular weight excluding hydrogens is 228 g/mol. The van der Waals surface area contributed by atoms with E-state index in [9.17, 15) is 0 Å². The summed E-state index contributed by atoms with van der Waals surface area (Å²) < 4.78 is 0. The van der Waals surface area contributed by atoms with Crippen LogP contribution in [0.1, 0.15) is 40.0 Å². The van der Waals surface area contributed by atoms with E-state index in [2.05, 4.69) is 22.3 Å². The van der Waals surface area contributed by atoms with Crippen LogP contribution in [0.4, 0.5) is 0 Å². The number of hydrogen-bond donors (Lipinski definition) is 3. The fourth-order valence-electron chi connectivity index (χ4n) is 2.29. The van der Waals surface area contributed by atoms with Gasteiger partial charge in [0.05, 0.1) is 0 Å². The highest BCUT2D eigenvalue weighted by Gasteiger charge is 2.23. The Hall–Kier alpha value is -0.810. The molecule has 0 bridgehead atoms. The van der Waals surface area contributed by atoms with Gasteiger partial charge in [-0.15, -0.1) is 0 Å². The average molecular weight is 256 g/mol. The minimum Gasteiger partial charge on any atom is -0.409 e. The van der Waals surface area contributed by atoms with Gasteiger partial charge in [-0.3, -0.25) is 4.90 Å². The van der Waals surface area contributed by atoms with E-state index in [0.29, 0.717) is 11.9 Å². The summed E-state index contributed by atoms with van der Waals surface area (Å²) in [6.45, 7) is 10.6. The third-order valence-corrected chi connectivity index (χ3v) is 3.93. The van der Waals surface area contributed by atoms with Gasteiger partial charge < -0.3 is 16.3 Å². The Morgan fingerprint density at radius 2 is 2.06 bits per heavy atom. The summed E-state index contributed by atoms with van der Waals surface area (Å²) >= 11 is 0. The highest BCUT2D eigenvalue weighted by atomic mass is 16.4. The number of nitrogens with two attached hydrogens (primary N) is 1. The number of amidine groups is 1. The number of nitrogens with zero attached hydrogens (tertiary/aromatic N) is 2. The molecule has 1 unspecified atom stereocenters. The van der Waals surface area contributed by atoms with Crippen molar-refractivity contribution in [3.63, 3.8) is 0 Å². The van der Waals surface area contributed by atoms with Gasteiger partial charge in [-0.25, -0.2) is 0 Å². The Labute approximate surface area is 110 Å². The molecule has 0 aromatic heterocycles. The molecule has 1 fully saturated rings.